The highest BCUT2D eigenvalue weighted by atomic mass is 16.2. The van der Waals surface area contributed by atoms with Crippen LogP contribution < -0.4 is 10.9 Å². The lowest BCUT2D eigenvalue weighted by atomic mass is 9.86. The number of carbonyl (C=O) groups is 1. The lowest BCUT2D eigenvalue weighted by molar-refractivity contribution is 0.102. The van der Waals surface area contributed by atoms with Crippen molar-refractivity contribution >= 4 is 11.6 Å². The molecule has 0 atom stereocenters. The molecule has 142 valence electrons. The number of nitriles is 1. The quantitative estimate of drug-likeness (QED) is 0.831. The largest absolute Gasteiger partial charge is 0.322 e. The van der Waals surface area contributed by atoms with E-state index >= 15 is 0 Å². The number of anilines is 1. The molecule has 1 aromatic heterocycles. The van der Waals surface area contributed by atoms with Gasteiger partial charge in [0.2, 0.25) is 0 Å². The van der Waals surface area contributed by atoms with E-state index in [0.717, 1.165) is 12.0 Å². The van der Waals surface area contributed by atoms with E-state index in [-0.39, 0.29) is 11.1 Å². The van der Waals surface area contributed by atoms with Crippen molar-refractivity contribution in [3.8, 4) is 6.07 Å². The molecule has 0 aliphatic heterocycles. The SMILES string of the molecule is Cc1ccn(CCC(C)C)c(=O)c1C(=O)Nc1ccc(C(C)(C)C#N)cc1. The van der Waals surface area contributed by atoms with Crippen molar-refractivity contribution in [2.75, 3.05) is 5.32 Å². The molecule has 1 heterocycles. The zero-order valence-electron chi connectivity index (χ0n) is 16.7. The second-order valence-corrected chi connectivity index (χ2v) is 7.82. The third-order valence-electron chi connectivity index (χ3n) is 4.69. The van der Waals surface area contributed by atoms with E-state index in [1.165, 1.54) is 0 Å². The second-order valence-electron chi connectivity index (χ2n) is 7.82. The number of carbonyl (C=O) groups excluding carboxylic acids is 1. The minimum atomic E-state index is -0.595. The highest BCUT2D eigenvalue weighted by Crippen LogP contribution is 2.23. The number of benzene rings is 1. The number of aryl methyl sites for hydroxylation is 2. The van der Waals surface area contributed by atoms with Gasteiger partial charge in [-0.2, -0.15) is 5.26 Å². The number of amides is 1. The summed E-state index contributed by atoms with van der Waals surface area (Å²) in [7, 11) is 0. The Morgan fingerprint density at radius 3 is 2.41 bits per heavy atom. The van der Waals surface area contributed by atoms with Crippen LogP contribution in [-0.4, -0.2) is 10.5 Å². The van der Waals surface area contributed by atoms with Crippen molar-refractivity contribution in [1.82, 2.24) is 4.57 Å². The molecule has 0 saturated heterocycles. The smallest absolute Gasteiger partial charge is 0.263 e. The molecule has 2 rings (SSSR count). The van der Waals surface area contributed by atoms with Gasteiger partial charge in [-0.1, -0.05) is 26.0 Å². The molecule has 1 N–H and O–H groups in total. The number of aromatic nitrogens is 1. The maximum Gasteiger partial charge on any atom is 0.263 e. The molecular weight excluding hydrogens is 338 g/mol. The van der Waals surface area contributed by atoms with Crippen LogP contribution >= 0.6 is 0 Å². The Morgan fingerprint density at radius 2 is 1.85 bits per heavy atom. The Balaban J connectivity index is 2.24. The Morgan fingerprint density at radius 1 is 1.22 bits per heavy atom. The lowest BCUT2D eigenvalue weighted by Crippen LogP contribution is -2.30. The molecule has 0 fully saturated rings. The molecule has 1 aromatic carbocycles. The zero-order valence-corrected chi connectivity index (χ0v) is 16.7. The molecule has 0 aliphatic carbocycles. The van der Waals surface area contributed by atoms with Crippen LogP contribution in [0.1, 0.15) is 55.6 Å². The molecule has 0 radical (unpaired) electrons. The number of rotatable bonds is 6. The molecule has 5 heteroatoms. The molecule has 0 saturated carbocycles. The van der Waals surface area contributed by atoms with Crippen LogP contribution in [0.25, 0.3) is 0 Å². The van der Waals surface area contributed by atoms with Gasteiger partial charge in [-0.25, -0.2) is 0 Å². The highest BCUT2D eigenvalue weighted by molar-refractivity contribution is 6.05. The summed E-state index contributed by atoms with van der Waals surface area (Å²) >= 11 is 0. The minimum absolute atomic E-state index is 0.169. The van der Waals surface area contributed by atoms with E-state index in [1.54, 1.807) is 35.9 Å². The van der Waals surface area contributed by atoms with E-state index in [1.807, 2.05) is 26.0 Å². The van der Waals surface area contributed by atoms with Gasteiger partial charge in [0, 0.05) is 18.4 Å². The first-order chi connectivity index (χ1) is 12.7. The zero-order chi connectivity index (χ0) is 20.2. The number of nitrogens with zero attached hydrogens (tertiary/aromatic N) is 2. The van der Waals surface area contributed by atoms with Crippen LogP contribution in [0.4, 0.5) is 5.69 Å². The summed E-state index contributed by atoms with van der Waals surface area (Å²) in [4.78, 5) is 25.4. The van der Waals surface area contributed by atoms with Crippen LogP contribution in [0, 0.1) is 24.2 Å². The fraction of sp³-hybridized carbons (Fsp3) is 0.409. The topological polar surface area (TPSA) is 74.9 Å². The fourth-order valence-corrected chi connectivity index (χ4v) is 2.74. The Kier molecular flexibility index (Phi) is 6.22. The maximum atomic E-state index is 12.7. The third-order valence-corrected chi connectivity index (χ3v) is 4.69. The first kappa shape index (κ1) is 20.4. The molecule has 0 aliphatic rings. The first-order valence-electron chi connectivity index (χ1n) is 9.19. The second kappa shape index (κ2) is 8.22. The van der Waals surface area contributed by atoms with Crippen LogP contribution in [-0.2, 0) is 12.0 Å². The molecule has 27 heavy (non-hydrogen) atoms. The van der Waals surface area contributed by atoms with Crippen LogP contribution in [0.5, 0.6) is 0 Å². The van der Waals surface area contributed by atoms with Crippen LogP contribution in [0.3, 0.4) is 0 Å². The molecular formula is C22H27N3O2. The predicted molar refractivity (Wildman–Crippen MR) is 108 cm³/mol. The summed E-state index contributed by atoms with van der Waals surface area (Å²) in [5.41, 5.74) is 1.42. The maximum absolute atomic E-state index is 12.7. The fourth-order valence-electron chi connectivity index (χ4n) is 2.74. The van der Waals surface area contributed by atoms with E-state index < -0.39 is 11.3 Å². The number of pyridine rings is 1. The first-order valence-corrected chi connectivity index (χ1v) is 9.19. The molecule has 2 aromatic rings. The van der Waals surface area contributed by atoms with E-state index in [0.29, 0.717) is 23.7 Å². The average molecular weight is 365 g/mol. The third kappa shape index (κ3) is 4.85. The highest BCUT2D eigenvalue weighted by Gasteiger charge is 2.20. The van der Waals surface area contributed by atoms with Gasteiger partial charge >= 0.3 is 0 Å². The summed E-state index contributed by atoms with van der Waals surface area (Å²) in [5.74, 6) is 0.0651. The van der Waals surface area contributed by atoms with Gasteiger partial charge in [0.05, 0.1) is 11.5 Å². The molecule has 1 amide bonds. The summed E-state index contributed by atoms with van der Waals surface area (Å²) in [6, 6.07) is 11.2. The van der Waals surface area contributed by atoms with Crippen LogP contribution in [0.15, 0.2) is 41.3 Å². The van der Waals surface area contributed by atoms with Crippen molar-refractivity contribution in [1.29, 1.82) is 5.26 Å². The number of hydrogen-bond donors (Lipinski definition) is 1. The lowest BCUT2D eigenvalue weighted by Gasteiger charge is -2.16. The van der Waals surface area contributed by atoms with Crippen LogP contribution in [0.2, 0.25) is 0 Å². The Labute approximate surface area is 160 Å². The molecule has 0 unspecified atom stereocenters. The van der Waals surface area contributed by atoms with Crippen molar-refractivity contribution in [3.05, 3.63) is 63.6 Å². The van der Waals surface area contributed by atoms with Gasteiger partial charge in [0.25, 0.3) is 11.5 Å². The predicted octanol–water partition coefficient (Wildman–Crippen LogP) is 4.26. The molecule has 0 bridgehead atoms. The number of nitrogens with one attached hydrogen (secondary N) is 1. The minimum Gasteiger partial charge on any atom is -0.322 e. The van der Waals surface area contributed by atoms with Gasteiger partial charge in [0.1, 0.15) is 5.56 Å². The van der Waals surface area contributed by atoms with Crippen molar-refractivity contribution < 1.29 is 4.79 Å². The average Bonchev–Trinajstić information content (AvgIpc) is 2.61. The number of hydrogen-bond acceptors (Lipinski definition) is 3. The van der Waals surface area contributed by atoms with Crippen molar-refractivity contribution in [2.45, 2.75) is 53.0 Å². The summed E-state index contributed by atoms with van der Waals surface area (Å²) in [6.45, 7) is 10.2. The summed E-state index contributed by atoms with van der Waals surface area (Å²) in [6.07, 6.45) is 2.62. The van der Waals surface area contributed by atoms with Gasteiger partial charge < -0.3 is 9.88 Å². The van der Waals surface area contributed by atoms with E-state index in [9.17, 15) is 14.9 Å². The summed E-state index contributed by atoms with van der Waals surface area (Å²) in [5, 5.41) is 12.0. The van der Waals surface area contributed by atoms with E-state index in [2.05, 4.69) is 25.2 Å². The monoisotopic (exact) mass is 365 g/mol. The Bertz CT molecular complexity index is 916. The van der Waals surface area contributed by atoms with Gasteiger partial charge in [0.15, 0.2) is 0 Å². The van der Waals surface area contributed by atoms with Gasteiger partial charge in [-0.15, -0.1) is 0 Å². The van der Waals surface area contributed by atoms with E-state index in [4.69, 9.17) is 0 Å². The molecule has 0 spiro atoms. The van der Waals surface area contributed by atoms with Crippen molar-refractivity contribution in [2.24, 2.45) is 5.92 Å². The van der Waals surface area contributed by atoms with Crippen molar-refractivity contribution in [3.63, 3.8) is 0 Å². The van der Waals surface area contributed by atoms with Gasteiger partial charge in [-0.3, -0.25) is 9.59 Å². The van der Waals surface area contributed by atoms with Gasteiger partial charge in [-0.05, 0) is 62.4 Å². The normalized spacial score (nSPS) is 11.3. The molecule has 5 nitrogen and oxygen atoms in total. The Hall–Kier alpha value is -2.87. The standard InChI is InChI=1S/C22H27N3O2/c1-15(2)10-12-25-13-11-16(3)19(21(25)27)20(26)24-18-8-6-17(7-9-18)22(4,5)14-23/h6-9,11,13,15H,10,12H2,1-5H3,(H,24,26). The summed E-state index contributed by atoms with van der Waals surface area (Å²) < 4.78 is 1.60.